The van der Waals surface area contributed by atoms with Gasteiger partial charge in [0.25, 0.3) is 0 Å². The van der Waals surface area contributed by atoms with Crippen LogP contribution in [0.3, 0.4) is 0 Å². The van der Waals surface area contributed by atoms with Gasteiger partial charge in [-0.25, -0.2) is 0 Å². The van der Waals surface area contributed by atoms with Crippen LogP contribution in [0.25, 0.3) is 0 Å². The van der Waals surface area contributed by atoms with Gasteiger partial charge in [0, 0.05) is 48.5 Å². The second kappa shape index (κ2) is 12.1. The molecular formula is C18H29F9N2OS. The molecule has 0 aromatic heterocycles. The standard InChI is InChI=1S/C18H29F9N2OS/c19-15(20,16(21,22)17(23,24)18(25,26)27)8-13-31(30)12-7-5-3-1-2-4-6-10-29-11-9-28-14-29/h28H,1-14H2. The lowest BCUT2D eigenvalue weighted by atomic mass is 10.0. The Morgan fingerprint density at radius 1 is 0.742 bits per heavy atom. The summed E-state index contributed by atoms with van der Waals surface area (Å²) in [6.07, 6.45) is -2.94. The third-order valence-electron chi connectivity index (χ3n) is 5.14. The second-order valence-corrected chi connectivity index (χ2v) is 9.40. The molecular weight excluding hydrogens is 463 g/mol. The summed E-state index contributed by atoms with van der Waals surface area (Å²) >= 11 is 0. The van der Waals surface area contributed by atoms with Gasteiger partial charge in [-0.15, -0.1) is 0 Å². The molecule has 1 heterocycles. The van der Waals surface area contributed by atoms with Gasteiger partial charge in [-0.3, -0.25) is 9.11 Å². The summed E-state index contributed by atoms with van der Waals surface area (Å²) in [5.41, 5.74) is 0. The smallest absolute Gasteiger partial charge is 0.303 e. The van der Waals surface area contributed by atoms with Gasteiger partial charge in [0.1, 0.15) is 0 Å². The Kier molecular flexibility index (Phi) is 11.1. The second-order valence-electron chi connectivity index (χ2n) is 7.70. The zero-order valence-electron chi connectivity index (χ0n) is 17.1. The number of hydrogen-bond acceptors (Lipinski definition) is 3. The van der Waals surface area contributed by atoms with Crippen molar-refractivity contribution >= 4 is 10.8 Å². The van der Waals surface area contributed by atoms with E-state index in [4.69, 9.17) is 0 Å². The van der Waals surface area contributed by atoms with Gasteiger partial charge in [-0.2, -0.15) is 39.5 Å². The van der Waals surface area contributed by atoms with E-state index in [-0.39, 0.29) is 5.75 Å². The number of rotatable bonds is 15. The number of nitrogens with zero attached hydrogens (tertiary/aromatic N) is 1. The van der Waals surface area contributed by atoms with Crippen LogP contribution in [0.4, 0.5) is 39.5 Å². The van der Waals surface area contributed by atoms with E-state index >= 15 is 0 Å². The minimum absolute atomic E-state index is 0.0979. The van der Waals surface area contributed by atoms with Gasteiger partial charge in [0.15, 0.2) is 0 Å². The van der Waals surface area contributed by atoms with Crippen LogP contribution in [0.5, 0.6) is 0 Å². The van der Waals surface area contributed by atoms with Crippen molar-refractivity contribution in [2.75, 3.05) is 37.8 Å². The van der Waals surface area contributed by atoms with E-state index in [1.807, 2.05) is 0 Å². The molecule has 1 N–H and O–H groups in total. The van der Waals surface area contributed by atoms with Crippen molar-refractivity contribution in [2.24, 2.45) is 0 Å². The van der Waals surface area contributed by atoms with Crippen LogP contribution in [0.15, 0.2) is 0 Å². The van der Waals surface area contributed by atoms with Crippen molar-refractivity contribution in [1.29, 1.82) is 0 Å². The Labute approximate surface area is 178 Å². The molecule has 31 heavy (non-hydrogen) atoms. The van der Waals surface area contributed by atoms with Crippen LogP contribution >= 0.6 is 0 Å². The highest BCUT2D eigenvalue weighted by molar-refractivity contribution is 7.84. The molecule has 1 fully saturated rings. The fourth-order valence-corrected chi connectivity index (χ4v) is 4.35. The molecule has 0 aromatic carbocycles. The zero-order valence-corrected chi connectivity index (χ0v) is 17.9. The molecule has 0 spiro atoms. The molecule has 13 heteroatoms. The fourth-order valence-electron chi connectivity index (χ4n) is 3.14. The predicted molar refractivity (Wildman–Crippen MR) is 100 cm³/mol. The average molecular weight is 492 g/mol. The largest absolute Gasteiger partial charge is 0.460 e. The molecule has 1 rings (SSSR count). The first-order chi connectivity index (χ1) is 14.2. The first kappa shape index (κ1) is 28.5. The summed E-state index contributed by atoms with van der Waals surface area (Å²) in [6.45, 7) is 3.99. The number of hydrogen-bond donors (Lipinski definition) is 1. The van der Waals surface area contributed by atoms with Gasteiger partial charge >= 0.3 is 23.9 Å². The molecule has 3 nitrogen and oxygen atoms in total. The van der Waals surface area contributed by atoms with Crippen LogP contribution < -0.4 is 5.32 Å². The first-order valence-electron chi connectivity index (χ1n) is 10.2. The summed E-state index contributed by atoms with van der Waals surface area (Å²) in [5, 5.41) is 3.24. The van der Waals surface area contributed by atoms with Gasteiger partial charge < -0.3 is 5.32 Å². The monoisotopic (exact) mass is 492 g/mol. The highest BCUT2D eigenvalue weighted by Crippen LogP contribution is 2.54. The maximum absolute atomic E-state index is 13.4. The molecule has 0 radical (unpaired) electrons. The quantitative estimate of drug-likeness (QED) is 0.252. The van der Waals surface area contributed by atoms with Crippen LogP contribution in [0, 0.1) is 0 Å². The Bertz CT molecular complexity index is 553. The van der Waals surface area contributed by atoms with Gasteiger partial charge in [-0.1, -0.05) is 32.1 Å². The van der Waals surface area contributed by atoms with E-state index in [9.17, 15) is 43.7 Å². The zero-order chi connectivity index (χ0) is 23.8. The van der Waals surface area contributed by atoms with Crippen LogP contribution in [-0.2, 0) is 10.8 Å². The number of unbranched alkanes of at least 4 members (excludes halogenated alkanes) is 6. The van der Waals surface area contributed by atoms with Crippen LogP contribution in [-0.4, -0.2) is 70.9 Å². The van der Waals surface area contributed by atoms with E-state index in [1.165, 1.54) is 0 Å². The van der Waals surface area contributed by atoms with E-state index in [2.05, 4.69) is 10.2 Å². The molecule has 1 aliphatic rings. The average Bonchev–Trinajstić information content (AvgIpc) is 3.17. The van der Waals surface area contributed by atoms with E-state index < -0.39 is 46.9 Å². The normalized spacial score (nSPS) is 18.0. The molecule has 0 amide bonds. The molecule has 0 bridgehead atoms. The maximum Gasteiger partial charge on any atom is 0.460 e. The lowest BCUT2D eigenvalue weighted by Gasteiger charge is -2.33. The third-order valence-corrected chi connectivity index (χ3v) is 6.54. The molecule has 1 atom stereocenters. The van der Waals surface area contributed by atoms with Crippen molar-refractivity contribution in [1.82, 2.24) is 10.2 Å². The summed E-state index contributed by atoms with van der Waals surface area (Å²) in [5.74, 6) is -20.3. The van der Waals surface area contributed by atoms with Crippen LogP contribution in [0.1, 0.15) is 51.4 Å². The third kappa shape index (κ3) is 8.38. The first-order valence-corrected chi connectivity index (χ1v) is 11.7. The molecule has 0 saturated carbocycles. The van der Waals surface area contributed by atoms with E-state index in [1.54, 1.807) is 0 Å². The van der Waals surface area contributed by atoms with Crippen LogP contribution in [0.2, 0.25) is 0 Å². The summed E-state index contributed by atoms with van der Waals surface area (Å²) in [4.78, 5) is 2.32. The van der Waals surface area contributed by atoms with Crippen molar-refractivity contribution in [2.45, 2.75) is 75.3 Å². The highest BCUT2D eigenvalue weighted by atomic mass is 32.2. The van der Waals surface area contributed by atoms with Crippen molar-refractivity contribution in [3.8, 4) is 0 Å². The minimum atomic E-state index is -6.89. The van der Waals surface area contributed by atoms with E-state index in [0.29, 0.717) is 12.8 Å². The van der Waals surface area contributed by atoms with E-state index in [0.717, 1.165) is 58.4 Å². The molecule has 186 valence electrons. The van der Waals surface area contributed by atoms with Crippen molar-refractivity contribution in [3.05, 3.63) is 0 Å². The molecule has 0 aromatic rings. The van der Waals surface area contributed by atoms with Gasteiger partial charge in [0.2, 0.25) is 0 Å². The summed E-state index contributed by atoms with van der Waals surface area (Å²) in [6, 6.07) is 0. The highest BCUT2D eigenvalue weighted by Gasteiger charge is 2.81. The van der Waals surface area contributed by atoms with Gasteiger partial charge in [-0.05, 0) is 19.4 Å². The Morgan fingerprint density at radius 2 is 1.29 bits per heavy atom. The molecule has 1 saturated heterocycles. The molecule has 1 unspecified atom stereocenters. The Hall–Kier alpha value is -0.560. The minimum Gasteiger partial charge on any atom is -0.303 e. The molecule has 0 aliphatic carbocycles. The van der Waals surface area contributed by atoms with Crippen molar-refractivity contribution < 1.29 is 43.7 Å². The SMILES string of the molecule is O=S(CCCCCCCCCN1CCNC1)CCC(F)(F)C(F)(F)C(F)(F)C(F)(F)F. The maximum atomic E-state index is 13.4. The fraction of sp³-hybridized carbons (Fsp3) is 1.00. The number of alkyl halides is 9. The Balaban J connectivity index is 2.18. The topological polar surface area (TPSA) is 32.3 Å². The number of halogens is 9. The lowest BCUT2D eigenvalue weighted by Crippen LogP contribution is -2.61. The predicted octanol–water partition coefficient (Wildman–Crippen LogP) is 5.19. The Morgan fingerprint density at radius 3 is 1.81 bits per heavy atom. The van der Waals surface area contributed by atoms with Gasteiger partial charge in [0.05, 0.1) is 0 Å². The molecule has 1 aliphatic heterocycles. The summed E-state index contributed by atoms with van der Waals surface area (Å²) < 4.78 is 126. The lowest BCUT2D eigenvalue weighted by molar-refractivity contribution is -0.396. The number of nitrogens with one attached hydrogen (secondary N) is 1. The summed E-state index contributed by atoms with van der Waals surface area (Å²) in [7, 11) is -2.01. The van der Waals surface area contributed by atoms with Crippen molar-refractivity contribution in [3.63, 3.8) is 0 Å².